The van der Waals surface area contributed by atoms with E-state index in [9.17, 15) is 4.79 Å². The lowest BCUT2D eigenvalue weighted by molar-refractivity contribution is 0.0952. The van der Waals surface area contributed by atoms with Gasteiger partial charge in [-0.05, 0) is 36.0 Å². The topological polar surface area (TPSA) is 29.1 Å². The van der Waals surface area contributed by atoms with Crippen LogP contribution in [0.25, 0.3) is 0 Å². The molecule has 1 aromatic carbocycles. The average molecular weight is 326 g/mol. The maximum atomic E-state index is 12.0. The lowest BCUT2D eigenvalue weighted by Gasteiger charge is -2.22. The summed E-state index contributed by atoms with van der Waals surface area (Å²) >= 11 is 3.62. The van der Waals surface area contributed by atoms with Gasteiger partial charge in [0.15, 0.2) is 0 Å². The molecule has 19 heavy (non-hydrogen) atoms. The normalized spacial score (nSPS) is 13.1. The van der Waals surface area contributed by atoms with Crippen molar-refractivity contribution in [2.45, 2.75) is 45.4 Å². The zero-order valence-corrected chi connectivity index (χ0v) is 13.9. The Morgan fingerprint density at radius 3 is 2.32 bits per heavy atom. The number of alkyl halides is 1. The van der Waals surface area contributed by atoms with Crippen molar-refractivity contribution in [2.75, 3.05) is 6.54 Å². The lowest BCUT2D eigenvalue weighted by Crippen LogP contribution is -2.31. The van der Waals surface area contributed by atoms with Gasteiger partial charge in [0.2, 0.25) is 0 Å². The van der Waals surface area contributed by atoms with E-state index in [-0.39, 0.29) is 11.3 Å². The molecule has 0 saturated heterocycles. The molecule has 0 aliphatic carbocycles. The Balaban J connectivity index is 2.46. The van der Waals surface area contributed by atoms with Crippen molar-refractivity contribution in [1.82, 2.24) is 5.32 Å². The van der Waals surface area contributed by atoms with Gasteiger partial charge in [-0.25, -0.2) is 0 Å². The van der Waals surface area contributed by atoms with E-state index >= 15 is 0 Å². The van der Waals surface area contributed by atoms with Crippen LogP contribution in [-0.4, -0.2) is 17.3 Å². The highest BCUT2D eigenvalue weighted by molar-refractivity contribution is 9.09. The minimum Gasteiger partial charge on any atom is -0.351 e. The molecule has 0 saturated carbocycles. The van der Waals surface area contributed by atoms with Crippen LogP contribution in [0.4, 0.5) is 0 Å². The number of amides is 1. The monoisotopic (exact) mass is 325 g/mol. The Hall–Kier alpha value is -0.830. The molecule has 1 rings (SSSR count). The Kier molecular flexibility index (Phi) is 6.05. The van der Waals surface area contributed by atoms with E-state index in [4.69, 9.17) is 0 Å². The van der Waals surface area contributed by atoms with Crippen LogP contribution < -0.4 is 5.32 Å². The second-order valence-electron chi connectivity index (χ2n) is 6.12. The van der Waals surface area contributed by atoms with E-state index in [0.29, 0.717) is 11.4 Å². The first-order chi connectivity index (χ1) is 8.81. The molecule has 0 heterocycles. The van der Waals surface area contributed by atoms with Crippen LogP contribution in [0.15, 0.2) is 24.3 Å². The van der Waals surface area contributed by atoms with Crippen LogP contribution in [0, 0.1) is 5.41 Å². The molecule has 0 aliphatic rings. The van der Waals surface area contributed by atoms with E-state index in [1.807, 2.05) is 24.3 Å². The first kappa shape index (κ1) is 16.2. The zero-order chi connectivity index (χ0) is 14.5. The second kappa shape index (κ2) is 7.09. The molecular formula is C16H24BrNO. The van der Waals surface area contributed by atoms with Crippen LogP contribution >= 0.6 is 15.9 Å². The Bertz CT molecular complexity index is 406. The van der Waals surface area contributed by atoms with Gasteiger partial charge < -0.3 is 5.32 Å². The molecule has 0 radical (unpaired) electrons. The van der Waals surface area contributed by atoms with Crippen molar-refractivity contribution in [3.63, 3.8) is 0 Å². The van der Waals surface area contributed by atoms with Gasteiger partial charge in [0.25, 0.3) is 5.91 Å². The van der Waals surface area contributed by atoms with Crippen LogP contribution in [0.1, 0.15) is 50.0 Å². The SMILES string of the molecule is CCc1ccc(C(=O)NCC(Br)CC(C)(C)C)cc1. The summed E-state index contributed by atoms with van der Waals surface area (Å²) in [6.45, 7) is 9.37. The quantitative estimate of drug-likeness (QED) is 0.808. The highest BCUT2D eigenvalue weighted by Crippen LogP contribution is 2.24. The third kappa shape index (κ3) is 6.24. The fraction of sp³-hybridized carbons (Fsp3) is 0.562. The predicted octanol–water partition coefficient (Wildman–Crippen LogP) is 4.18. The number of carbonyl (C=O) groups is 1. The number of halogens is 1. The van der Waals surface area contributed by atoms with Gasteiger partial charge in [-0.15, -0.1) is 0 Å². The van der Waals surface area contributed by atoms with E-state index in [2.05, 4.69) is 48.9 Å². The highest BCUT2D eigenvalue weighted by Gasteiger charge is 2.17. The zero-order valence-electron chi connectivity index (χ0n) is 12.3. The Labute approximate surface area is 125 Å². The van der Waals surface area contributed by atoms with Crippen molar-refractivity contribution in [2.24, 2.45) is 5.41 Å². The smallest absolute Gasteiger partial charge is 0.251 e. The number of hydrogen-bond acceptors (Lipinski definition) is 1. The Morgan fingerprint density at radius 1 is 1.26 bits per heavy atom. The maximum absolute atomic E-state index is 12.0. The van der Waals surface area contributed by atoms with Gasteiger partial charge in [-0.2, -0.15) is 0 Å². The van der Waals surface area contributed by atoms with Crippen molar-refractivity contribution in [1.29, 1.82) is 0 Å². The third-order valence-corrected chi connectivity index (χ3v) is 3.59. The number of aryl methyl sites for hydroxylation is 1. The summed E-state index contributed by atoms with van der Waals surface area (Å²) in [6, 6.07) is 7.80. The summed E-state index contributed by atoms with van der Waals surface area (Å²) in [5.74, 6) is 0.000937. The number of hydrogen-bond donors (Lipinski definition) is 1. The van der Waals surface area contributed by atoms with Crippen LogP contribution in [0.2, 0.25) is 0 Å². The average Bonchev–Trinajstić information content (AvgIpc) is 2.34. The first-order valence-corrected chi connectivity index (χ1v) is 7.74. The molecule has 1 amide bonds. The van der Waals surface area contributed by atoms with Crippen molar-refractivity contribution >= 4 is 21.8 Å². The van der Waals surface area contributed by atoms with Crippen molar-refractivity contribution in [3.05, 3.63) is 35.4 Å². The number of nitrogens with one attached hydrogen (secondary N) is 1. The number of carbonyl (C=O) groups excluding carboxylic acids is 1. The lowest BCUT2D eigenvalue weighted by atomic mass is 9.90. The molecule has 106 valence electrons. The summed E-state index contributed by atoms with van der Waals surface area (Å²) in [6.07, 6.45) is 2.03. The molecule has 1 N–H and O–H groups in total. The fourth-order valence-electron chi connectivity index (χ4n) is 1.93. The van der Waals surface area contributed by atoms with Gasteiger partial charge in [0.1, 0.15) is 0 Å². The van der Waals surface area contributed by atoms with Crippen LogP contribution in [0.5, 0.6) is 0 Å². The fourth-order valence-corrected chi connectivity index (χ4v) is 3.07. The molecule has 0 aromatic heterocycles. The first-order valence-electron chi connectivity index (χ1n) is 6.83. The summed E-state index contributed by atoms with van der Waals surface area (Å²) in [7, 11) is 0. The standard InChI is InChI=1S/C16H24BrNO/c1-5-12-6-8-13(9-7-12)15(19)18-11-14(17)10-16(2,3)4/h6-9,14H,5,10-11H2,1-4H3,(H,18,19). The van der Waals surface area contributed by atoms with Crippen molar-refractivity contribution < 1.29 is 4.79 Å². The molecule has 0 bridgehead atoms. The second-order valence-corrected chi connectivity index (χ2v) is 7.42. The predicted molar refractivity (Wildman–Crippen MR) is 84.9 cm³/mol. The molecular weight excluding hydrogens is 302 g/mol. The van der Waals surface area contributed by atoms with Gasteiger partial charge in [0, 0.05) is 16.9 Å². The Morgan fingerprint density at radius 2 is 1.84 bits per heavy atom. The van der Waals surface area contributed by atoms with Gasteiger partial charge in [0.05, 0.1) is 0 Å². The summed E-state index contributed by atoms with van der Waals surface area (Å²) in [4.78, 5) is 12.3. The minimum atomic E-state index is 0.000937. The third-order valence-electron chi connectivity index (χ3n) is 2.94. The molecule has 1 unspecified atom stereocenters. The molecule has 1 aromatic rings. The minimum absolute atomic E-state index is 0.000937. The summed E-state index contributed by atoms with van der Waals surface area (Å²) in [5, 5.41) is 2.97. The van der Waals surface area contributed by atoms with E-state index in [0.717, 1.165) is 18.4 Å². The van der Waals surface area contributed by atoms with Gasteiger partial charge >= 0.3 is 0 Å². The van der Waals surface area contributed by atoms with Gasteiger partial charge in [-0.3, -0.25) is 4.79 Å². The van der Waals surface area contributed by atoms with Gasteiger partial charge in [-0.1, -0.05) is 55.8 Å². The highest BCUT2D eigenvalue weighted by atomic mass is 79.9. The number of rotatable bonds is 5. The largest absolute Gasteiger partial charge is 0.351 e. The summed E-state index contributed by atoms with van der Waals surface area (Å²) in [5.41, 5.74) is 2.25. The van der Waals surface area contributed by atoms with E-state index < -0.39 is 0 Å². The van der Waals surface area contributed by atoms with E-state index in [1.54, 1.807) is 0 Å². The molecule has 1 atom stereocenters. The summed E-state index contributed by atoms with van der Waals surface area (Å²) < 4.78 is 0. The molecule has 3 heteroatoms. The van der Waals surface area contributed by atoms with Crippen molar-refractivity contribution in [3.8, 4) is 0 Å². The number of benzene rings is 1. The molecule has 0 fully saturated rings. The molecule has 0 spiro atoms. The van der Waals surface area contributed by atoms with E-state index in [1.165, 1.54) is 5.56 Å². The van der Waals surface area contributed by atoms with Crippen LogP contribution in [0.3, 0.4) is 0 Å². The maximum Gasteiger partial charge on any atom is 0.251 e. The van der Waals surface area contributed by atoms with Crippen LogP contribution in [-0.2, 0) is 6.42 Å². The molecule has 2 nitrogen and oxygen atoms in total. The molecule has 0 aliphatic heterocycles.